The molecular formula is C11H11IN4. The maximum Gasteiger partial charge on any atom is 0.145 e. The summed E-state index contributed by atoms with van der Waals surface area (Å²) in [6.07, 6.45) is 5.17. The van der Waals surface area contributed by atoms with Crippen LogP contribution in [0.3, 0.4) is 0 Å². The normalized spacial score (nSPS) is 10.1. The summed E-state index contributed by atoms with van der Waals surface area (Å²) in [5.41, 5.74) is 1.03. The molecule has 0 spiro atoms. The van der Waals surface area contributed by atoms with E-state index in [0.29, 0.717) is 0 Å². The summed E-state index contributed by atoms with van der Waals surface area (Å²) in [5, 5.41) is 0. The first kappa shape index (κ1) is 11.3. The molecule has 0 aliphatic carbocycles. The monoisotopic (exact) mass is 326 g/mol. The zero-order chi connectivity index (χ0) is 11.4. The van der Waals surface area contributed by atoms with E-state index in [9.17, 15) is 0 Å². The lowest BCUT2D eigenvalue weighted by Crippen LogP contribution is -2.19. The van der Waals surface area contributed by atoms with Crippen molar-refractivity contribution in [3.8, 4) is 0 Å². The van der Waals surface area contributed by atoms with Crippen LogP contribution in [-0.4, -0.2) is 22.0 Å². The Balaban J connectivity index is 2.15. The molecule has 0 amide bonds. The van der Waals surface area contributed by atoms with Crippen molar-refractivity contribution in [3.05, 3.63) is 46.2 Å². The maximum atomic E-state index is 4.29. The molecule has 0 saturated heterocycles. The highest BCUT2D eigenvalue weighted by atomic mass is 127. The van der Waals surface area contributed by atoms with Gasteiger partial charge in [-0.3, -0.25) is 4.98 Å². The Kier molecular flexibility index (Phi) is 3.66. The van der Waals surface area contributed by atoms with Gasteiger partial charge in [0.2, 0.25) is 0 Å². The van der Waals surface area contributed by atoms with Crippen LogP contribution in [0.1, 0.15) is 5.69 Å². The van der Waals surface area contributed by atoms with Gasteiger partial charge in [-0.05, 0) is 34.7 Å². The summed E-state index contributed by atoms with van der Waals surface area (Å²) in [7, 11) is 2.00. The average Bonchev–Trinajstić information content (AvgIpc) is 2.31. The Labute approximate surface area is 108 Å². The van der Waals surface area contributed by atoms with Gasteiger partial charge in [-0.1, -0.05) is 6.07 Å². The number of hydrogen-bond acceptors (Lipinski definition) is 4. The minimum absolute atomic E-state index is 0.744. The van der Waals surface area contributed by atoms with Crippen molar-refractivity contribution in [2.24, 2.45) is 0 Å². The molecule has 2 aromatic rings. The predicted octanol–water partition coefficient (Wildman–Crippen LogP) is 2.11. The minimum atomic E-state index is 0.744. The highest BCUT2D eigenvalue weighted by Crippen LogP contribution is 2.17. The third-order valence-corrected chi connectivity index (χ3v) is 2.90. The first-order chi connectivity index (χ1) is 7.77. The number of halogens is 1. The fourth-order valence-corrected chi connectivity index (χ4v) is 2.11. The summed E-state index contributed by atoms with van der Waals surface area (Å²) in [6, 6.07) is 5.91. The van der Waals surface area contributed by atoms with Crippen LogP contribution in [0.25, 0.3) is 0 Å². The molecule has 0 fully saturated rings. The Bertz CT molecular complexity index is 461. The number of aromatic nitrogens is 3. The number of hydrogen-bond donors (Lipinski definition) is 0. The molecule has 2 aromatic heterocycles. The van der Waals surface area contributed by atoms with Crippen LogP contribution in [-0.2, 0) is 6.54 Å². The van der Waals surface area contributed by atoms with Gasteiger partial charge in [0.15, 0.2) is 0 Å². The van der Waals surface area contributed by atoms with Crippen molar-refractivity contribution in [3.63, 3.8) is 0 Å². The lowest BCUT2D eigenvalue weighted by atomic mass is 10.3. The van der Waals surface area contributed by atoms with Gasteiger partial charge in [-0.2, -0.15) is 0 Å². The quantitative estimate of drug-likeness (QED) is 0.811. The number of rotatable bonds is 3. The van der Waals surface area contributed by atoms with E-state index in [4.69, 9.17) is 0 Å². The molecular weight excluding hydrogens is 315 g/mol. The van der Waals surface area contributed by atoms with Gasteiger partial charge in [-0.15, -0.1) is 0 Å². The molecule has 0 N–H and O–H groups in total. The SMILES string of the molecule is CN(Cc1ccccn1)c1ncncc1I. The van der Waals surface area contributed by atoms with Gasteiger partial charge in [0.05, 0.1) is 15.8 Å². The zero-order valence-electron chi connectivity index (χ0n) is 8.84. The topological polar surface area (TPSA) is 41.9 Å². The summed E-state index contributed by atoms with van der Waals surface area (Å²) in [6.45, 7) is 0.744. The van der Waals surface area contributed by atoms with Crippen LogP contribution >= 0.6 is 22.6 Å². The van der Waals surface area contributed by atoms with Crippen LogP contribution in [0.4, 0.5) is 5.82 Å². The lowest BCUT2D eigenvalue weighted by molar-refractivity contribution is 0.856. The second-order valence-corrected chi connectivity index (χ2v) is 4.53. The predicted molar refractivity (Wildman–Crippen MR) is 71.1 cm³/mol. The van der Waals surface area contributed by atoms with Gasteiger partial charge in [0.1, 0.15) is 12.1 Å². The van der Waals surface area contributed by atoms with E-state index in [1.165, 1.54) is 0 Å². The molecule has 0 radical (unpaired) electrons. The van der Waals surface area contributed by atoms with Crippen molar-refractivity contribution in [1.29, 1.82) is 0 Å². The van der Waals surface area contributed by atoms with E-state index in [2.05, 4.69) is 42.4 Å². The molecule has 5 heteroatoms. The summed E-state index contributed by atoms with van der Waals surface area (Å²) < 4.78 is 1.04. The fourth-order valence-electron chi connectivity index (χ4n) is 1.40. The zero-order valence-corrected chi connectivity index (χ0v) is 11.0. The van der Waals surface area contributed by atoms with E-state index < -0.39 is 0 Å². The average molecular weight is 326 g/mol. The molecule has 2 rings (SSSR count). The molecule has 4 nitrogen and oxygen atoms in total. The second-order valence-electron chi connectivity index (χ2n) is 3.37. The largest absolute Gasteiger partial charge is 0.353 e. The second kappa shape index (κ2) is 5.20. The number of anilines is 1. The van der Waals surface area contributed by atoms with E-state index in [-0.39, 0.29) is 0 Å². The van der Waals surface area contributed by atoms with E-state index in [1.54, 1.807) is 18.7 Å². The fraction of sp³-hybridized carbons (Fsp3) is 0.182. The van der Waals surface area contributed by atoms with Crippen LogP contribution in [0.2, 0.25) is 0 Å². The maximum absolute atomic E-state index is 4.29. The Morgan fingerprint density at radius 1 is 1.31 bits per heavy atom. The van der Waals surface area contributed by atoms with Crippen LogP contribution < -0.4 is 4.90 Å². The van der Waals surface area contributed by atoms with Gasteiger partial charge in [-0.25, -0.2) is 9.97 Å². The molecule has 0 atom stereocenters. The van der Waals surface area contributed by atoms with Gasteiger partial charge in [0, 0.05) is 19.4 Å². The third kappa shape index (κ3) is 2.66. The van der Waals surface area contributed by atoms with Crippen molar-refractivity contribution in [2.75, 3.05) is 11.9 Å². The van der Waals surface area contributed by atoms with Crippen molar-refractivity contribution < 1.29 is 0 Å². The Hall–Kier alpha value is -1.24. The van der Waals surface area contributed by atoms with Gasteiger partial charge in [0.25, 0.3) is 0 Å². The Morgan fingerprint density at radius 3 is 2.88 bits per heavy atom. The van der Waals surface area contributed by atoms with E-state index >= 15 is 0 Å². The molecule has 0 aromatic carbocycles. The van der Waals surface area contributed by atoms with Crippen LogP contribution in [0.15, 0.2) is 36.9 Å². The molecule has 0 bridgehead atoms. The van der Waals surface area contributed by atoms with Crippen molar-refractivity contribution in [2.45, 2.75) is 6.54 Å². The summed E-state index contributed by atoms with van der Waals surface area (Å²) >= 11 is 2.23. The molecule has 0 aliphatic rings. The van der Waals surface area contributed by atoms with E-state index in [0.717, 1.165) is 21.6 Å². The highest BCUT2D eigenvalue weighted by molar-refractivity contribution is 14.1. The van der Waals surface area contributed by atoms with Crippen molar-refractivity contribution >= 4 is 28.4 Å². The van der Waals surface area contributed by atoms with Crippen LogP contribution in [0.5, 0.6) is 0 Å². The summed E-state index contributed by atoms with van der Waals surface area (Å²) in [5.74, 6) is 0.932. The van der Waals surface area contributed by atoms with Crippen molar-refractivity contribution in [1.82, 2.24) is 15.0 Å². The summed E-state index contributed by atoms with van der Waals surface area (Å²) in [4.78, 5) is 14.6. The third-order valence-electron chi connectivity index (χ3n) is 2.14. The first-order valence-electron chi connectivity index (χ1n) is 4.84. The molecule has 16 heavy (non-hydrogen) atoms. The molecule has 0 unspecified atom stereocenters. The van der Waals surface area contributed by atoms with Crippen LogP contribution in [0, 0.1) is 3.57 Å². The smallest absolute Gasteiger partial charge is 0.145 e. The van der Waals surface area contributed by atoms with Gasteiger partial charge < -0.3 is 4.90 Å². The highest BCUT2D eigenvalue weighted by Gasteiger charge is 2.07. The number of nitrogens with zero attached hydrogens (tertiary/aromatic N) is 4. The molecule has 0 saturated carbocycles. The first-order valence-corrected chi connectivity index (χ1v) is 5.92. The van der Waals surface area contributed by atoms with E-state index in [1.807, 2.05) is 25.2 Å². The Morgan fingerprint density at radius 2 is 2.19 bits per heavy atom. The lowest BCUT2D eigenvalue weighted by Gasteiger charge is -2.18. The molecule has 0 aliphatic heterocycles. The molecule has 82 valence electrons. The van der Waals surface area contributed by atoms with Gasteiger partial charge >= 0.3 is 0 Å². The minimum Gasteiger partial charge on any atom is -0.353 e. The molecule has 2 heterocycles. The standard InChI is InChI=1S/C11H11IN4/c1-16(7-9-4-2-3-5-14-9)11-10(12)6-13-8-15-11/h2-6,8H,7H2,1H3. The number of pyridine rings is 1.